The number of esters is 2. The van der Waals surface area contributed by atoms with E-state index >= 15 is 0 Å². The number of ether oxygens (including phenoxy) is 2. The maximum absolute atomic E-state index is 13.5. The number of unbranched alkanes of at least 4 members (excludes halogenated alkanes) is 2. The number of aromatic nitrogens is 8. The molecule has 0 N–H and O–H groups in total. The van der Waals surface area contributed by atoms with Crippen LogP contribution >= 0.6 is 0 Å². The number of imidazole rings is 2. The zero-order valence-electron chi connectivity index (χ0n) is 39.6. The summed E-state index contributed by atoms with van der Waals surface area (Å²) < 4.78 is 20.7. The third kappa shape index (κ3) is 12.1. The number of likely N-dealkylation sites (tertiary alicyclic amines) is 2. The molecule has 0 radical (unpaired) electrons. The van der Waals surface area contributed by atoms with E-state index in [4.69, 9.17) is 9.47 Å². The molecule has 0 aliphatic carbocycles. The first-order valence-electron chi connectivity index (χ1n) is 23.6. The van der Waals surface area contributed by atoms with Gasteiger partial charge < -0.3 is 18.6 Å². The van der Waals surface area contributed by atoms with E-state index in [9.17, 15) is 28.8 Å². The number of nitrogens with zero attached hydrogens (tertiary/aromatic N) is 10. The van der Waals surface area contributed by atoms with Gasteiger partial charge in [0.05, 0.1) is 25.7 Å². The lowest BCUT2D eigenvalue weighted by Crippen LogP contribution is -2.39. The van der Waals surface area contributed by atoms with E-state index in [1.165, 1.54) is 18.3 Å². The van der Waals surface area contributed by atoms with Crippen LogP contribution in [-0.2, 0) is 59.3 Å². The van der Waals surface area contributed by atoms with Crippen LogP contribution in [0.25, 0.3) is 22.3 Å². The quantitative estimate of drug-likeness (QED) is 0.0547. The number of carbonyl (C=O) groups is 2. The summed E-state index contributed by atoms with van der Waals surface area (Å²) in [6, 6.07) is 0. The largest absolute Gasteiger partial charge is 0.443 e. The Kier molecular flexibility index (Phi) is 16.8. The van der Waals surface area contributed by atoms with Crippen molar-refractivity contribution in [1.82, 2.24) is 47.2 Å². The summed E-state index contributed by atoms with van der Waals surface area (Å²) >= 11 is 0. The van der Waals surface area contributed by atoms with Crippen molar-refractivity contribution in [3.8, 4) is 23.7 Å². The molecular formula is C48H66N10O8. The second-order valence-corrected chi connectivity index (χ2v) is 17.9. The highest BCUT2D eigenvalue weighted by Gasteiger charge is 2.29. The smallest absolute Gasteiger partial charge is 0.332 e. The van der Waals surface area contributed by atoms with Crippen molar-refractivity contribution in [3.05, 3.63) is 66.5 Å². The Morgan fingerprint density at radius 3 is 1.36 bits per heavy atom. The molecule has 2 aliphatic heterocycles. The molecule has 6 rings (SSSR count). The summed E-state index contributed by atoms with van der Waals surface area (Å²) in [7, 11) is 3.21. The highest BCUT2D eigenvalue weighted by Crippen LogP contribution is 2.22. The first-order valence-corrected chi connectivity index (χ1v) is 23.6. The molecule has 18 heteroatoms. The van der Waals surface area contributed by atoms with Crippen LogP contribution in [0, 0.1) is 23.7 Å². The lowest BCUT2D eigenvalue weighted by molar-refractivity contribution is -0.150. The van der Waals surface area contributed by atoms with Gasteiger partial charge in [-0.25, -0.2) is 29.1 Å². The average Bonchev–Trinajstić information content (AvgIpc) is 4.13. The molecule has 6 heterocycles. The molecule has 66 heavy (non-hydrogen) atoms. The molecule has 4 aromatic rings. The maximum atomic E-state index is 13.5. The third-order valence-corrected chi connectivity index (χ3v) is 12.4. The van der Waals surface area contributed by atoms with Gasteiger partial charge in [-0.15, -0.1) is 0 Å². The predicted molar refractivity (Wildman–Crippen MR) is 252 cm³/mol. The summed E-state index contributed by atoms with van der Waals surface area (Å²) in [4.78, 5) is 93.3. The van der Waals surface area contributed by atoms with Crippen LogP contribution in [-0.4, -0.2) is 110 Å². The van der Waals surface area contributed by atoms with E-state index in [1.807, 2.05) is 13.8 Å². The molecule has 0 aromatic carbocycles. The van der Waals surface area contributed by atoms with E-state index in [0.29, 0.717) is 87.0 Å². The van der Waals surface area contributed by atoms with Crippen LogP contribution in [0.2, 0.25) is 0 Å². The second-order valence-electron chi connectivity index (χ2n) is 17.9. The van der Waals surface area contributed by atoms with Crippen LogP contribution in [0.1, 0.15) is 105 Å². The van der Waals surface area contributed by atoms with Crippen molar-refractivity contribution < 1.29 is 19.1 Å². The van der Waals surface area contributed by atoms with E-state index in [2.05, 4.69) is 43.4 Å². The zero-order valence-corrected chi connectivity index (χ0v) is 39.6. The molecule has 2 fully saturated rings. The Bertz CT molecular complexity index is 2590. The molecule has 0 saturated carbocycles. The monoisotopic (exact) mass is 911 g/mol. The summed E-state index contributed by atoms with van der Waals surface area (Å²) in [5.74, 6) is 11.1. The molecule has 356 valence electrons. The highest BCUT2D eigenvalue weighted by atomic mass is 16.6. The fourth-order valence-electron chi connectivity index (χ4n) is 8.81. The normalized spacial score (nSPS) is 16.3. The van der Waals surface area contributed by atoms with Gasteiger partial charge in [0.1, 0.15) is 0 Å². The van der Waals surface area contributed by atoms with Gasteiger partial charge in [-0.2, -0.15) is 0 Å². The Balaban J connectivity index is 1.11. The van der Waals surface area contributed by atoms with Gasteiger partial charge in [0.15, 0.2) is 33.5 Å². The Labute approximate surface area is 385 Å². The Hall–Kier alpha value is -5.98. The van der Waals surface area contributed by atoms with Crippen LogP contribution < -0.4 is 22.5 Å². The van der Waals surface area contributed by atoms with Crippen LogP contribution in [0.15, 0.2) is 44.0 Å². The molecule has 0 bridgehead atoms. The van der Waals surface area contributed by atoms with Crippen LogP contribution in [0.5, 0.6) is 0 Å². The van der Waals surface area contributed by atoms with Gasteiger partial charge >= 0.3 is 23.3 Å². The highest BCUT2D eigenvalue weighted by molar-refractivity contribution is 5.92. The minimum Gasteiger partial charge on any atom is -0.443 e. The third-order valence-electron chi connectivity index (χ3n) is 12.4. The number of aryl methyl sites for hydroxylation is 4. The minimum absolute atomic E-state index is 0.160. The topological polar surface area (TPSA) is 183 Å². The molecule has 4 aromatic heterocycles. The Morgan fingerprint density at radius 2 is 1.00 bits per heavy atom. The van der Waals surface area contributed by atoms with Crippen molar-refractivity contribution in [2.75, 3.05) is 39.3 Å². The predicted octanol–water partition coefficient (Wildman–Crippen LogP) is 3.33. The van der Waals surface area contributed by atoms with Crippen molar-refractivity contribution in [2.45, 2.75) is 142 Å². The van der Waals surface area contributed by atoms with Gasteiger partial charge in [-0.3, -0.25) is 37.7 Å². The van der Waals surface area contributed by atoms with Crippen LogP contribution in [0.3, 0.4) is 0 Å². The number of carbonyl (C=O) groups excluding carboxylic acids is 2. The number of hydrogen-bond acceptors (Lipinski definition) is 12. The van der Waals surface area contributed by atoms with Crippen molar-refractivity contribution in [2.24, 2.45) is 14.1 Å². The van der Waals surface area contributed by atoms with Crippen molar-refractivity contribution in [3.63, 3.8) is 0 Å². The lowest BCUT2D eigenvalue weighted by atomic mass is 9.99. The first kappa shape index (κ1) is 49.5. The molecule has 18 nitrogen and oxygen atoms in total. The van der Waals surface area contributed by atoms with Gasteiger partial charge in [0.2, 0.25) is 0 Å². The number of hydrogen-bond donors (Lipinski definition) is 0. The number of fused-ring (bicyclic) bond motifs is 2. The molecule has 2 aliphatic rings. The maximum Gasteiger partial charge on any atom is 0.332 e. The summed E-state index contributed by atoms with van der Waals surface area (Å²) in [5, 5.41) is 0. The van der Waals surface area contributed by atoms with E-state index in [-0.39, 0.29) is 13.1 Å². The number of rotatable bonds is 20. The summed E-state index contributed by atoms with van der Waals surface area (Å²) in [6.45, 7) is 13.8. The van der Waals surface area contributed by atoms with E-state index < -0.39 is 45.6 Å². The van der Waals surface area contributed by atoms with Gasteiger partial charge in [-0.05, 0) is 117 Å². The standard InChI is InChI=1S/C48H66N10O8/c1-7-25-55-35-49-41-39(55)43(61)57(45(63)51(41)5)33-11-9-21-47(3,23-17-31-53-27-13-14-28-53)65-37(59)19-20-38(60)66-48(4,24-18-32-54-29-15-16-30-54)22-10-12-34-58-44(62)40-42(52(6)46(58)64)50-36-56(40)26-8-2/h19-20,35-36H,7-16,21-22,25-34H2,1-6H3/b20-19+. The zero-order chi connectivity index (χ0) is 47.4. The molecule has 0 amide bonds. The summed E-state index contributed by atoms with van der Waals surface area (Å²) in [6.07, 6.45) is 13.7. The van der Waals surface area contributed by atoms with Crippen molar-refractivity contribution >= 4 is 34.3 Å². The Morgan fingerprint density at radius 1 is 0.621 bits per heavy atom. The average molecular weight is 911 g/mol. The van der Waals surface area contributed by atoms with Gasteiger partial charge in [0, 0.05) is 52.4 Å². The van der Waals surface area contributed by atoms with E-state index in [0.717, 1.165) is 76.9 Å². The van der Waals surface area contributed by atoms with E-state index in [1.54, 1.807) is 49.7 Å². The lowest BCUT2D eigenvalue weighted by Gasteiger charge is -2.24. The fraction of sp³-hybridized carbons (Fsp3) is 0.625. The molecule has 2 atom stereocenters. The fourth-order valence-corrected chi connectivity index (χ4v) is 8.81. The van der Waals surface area contributed by atoms with Gasteiger partial charge in [-0.1, -0.05) is 37.5 Å². The second kappa shape index (κ2) is 22.5. The first-order chi connectivity index (χ1) is 31.7. The van der Waals surface area contributed by atoms with Crippen LogP contribution in [0.4, 0.5) is 0 Å². The molecule has 2 saturated heterocycles. The van der Waals surface area contributed by atoms with Crippen molar-refractivity contribution in [1.29, 1.82) is 0 Å². The molecular weight excluding hydrogens is 845 g/mol. The molecule has 0 spiro atoms. The minimum atomic E-state index is -1.23. The summed E-state index contributed by atoms with van der Waals surface area (Å²) in [5.41, 5.74) is -2.68. The molecule has 2 unspecified atom stereocenters. The SMILES string of the molecule is CCCn1cnc2c1c(=O)n(CCCCC(C)(C#CCN1CCCC1)OC(=O)/C=C/C(=O)OC(C)(C#CCN1CCCC1)CCCCn1c(=O)c3c(ncn3CCC)n(C)c1=O)c(=O)n2C. The van der Waals surface area contributed by atoms with Gasteiger partial charge in [0.25, 0.3) is 11.1 Å².